The van der Waals surface area contributed by atoms with Crippen molar-refractivity contribution in [1.29, 1.82) is 0 Å². The summed E-state index contributed by atoms with van der Waals surface area (Å²) in [5.74, 6) is 0.552. The van der Waals surface area contributed by atoms with Crippen LogP contribution in [0.2, 0.25) is 0 Å². The zero-order chi connectivity index (χ0) is 18.6. The lowest BCUT2D eigenvalue weighted by Gasteiger charge is -2.37. The monoisotopic (exact) mass is 366 g/mol. The third-order valence-electron chi connectivity index (χ3n) is 5.74. The van der Waals surface area contributed by atoms with Crippen molar-refractivity contribution in [3.63, 3.8) is 0 Å². The van der Waals surface area contributed by atoms with E-state index in [1.165, 1.54) is 17.7 Å². The molecule has 0 spiro atoms. The van der Waals surface area contributed by atoms with Crippen LogP contribution in [-0.4, -0.2) is 29.9 Å². The van der Waals surface area contributed by atoms with Gasteiger partial charge in [-0.1, -0.05) is 42.5 Å². The van der Waals surface area contributed by atoms with Gasteiger partial charge in [0.05, 0.1) is 0 Å². The first-order chi connectivity index (χ1) is 13.2. The lowest BCUT2D eigenvalue weighted by Crippen LogP contribution is -2.45. The van der Waals surface area contributed by atoms with Crippen LogP contribution in [0.5, 0.6) is 0 Å². The number of carbonyl (C=O) groups is 1. The smallest absolute Gasteiger partial charge is 0.242 e. The van der Waals surface area contributed by atoms with E-state index in [1.54, 1.807) is 0 Å². The van der Waals surface area contributed by atoms with Crippen LogP contribution in [0.15, 0.2) is 54.6 Å². The van der Waals surface area contributed by atoms with Crippen molar-refractivity contribution in [2.24, 2.45) is 5.92 Å². The SMILES string of the molecule is O=C(NC1CC1)C(c1ccccc1)N1CCC(Cc2ccc(F)cc2)CC1. The predicted octanol–water partition coefficient (Wildman–Crippen LogP) is 4.10. The van der Waals surface area contributed by atoms with Crippen LogP contribution in [0.25, 0.3) is 0 Å². The van der Waals surface area contributed by atoms with E-state index in [4.69, 9.17) is 0 Å². The fraction of sp³-hybridized carbons (Fsp3) is 0.435. The number of nitrogens with zero attached hydrogens (tertiary/aromatic N) is 1. The maximum absolute atomic E-state index is 13.1. The van der Waals surface area contributed by atoms with Gasteiger partial charge in [-0.2, -0.15) is 0 Å². The molecule has 1 heterocycles. The van der Waals surface area contributed by atoms with E-state index < -0.39 is 0 Å². The Hall–Kier alpha value is -2.20. The van der Waals surface area contributed by atoms with Crippen molar-refractivity contribution >= 4 is 5.91 Å². The Morgan fingerprint density at radius 1 is 1.00 bits per heavy atom. The molecule has 3 nitrogen and oxygen atoms in total. The molecular formula is C23H27FN2O. The van der Waals surface area contributed by atoms with Crippen molar-refractivity contribution in [2.75, 3.05) is 13.1 Å². The first-order valence-corrected chi connectivity index (χ1v) is 10.0. The third kappa shape index (κ3) is 4.75. The molecule has 1 N–H and O–H groups in total. The van der Waals surface area contributed by atoms with E-state index in [2.05, 4.69) is 22.3 Å². The summed E-state index contributed by atoms with van der Waals surface area (Å²) in [5, 5.41) is 3.19. The highest BCUT2D eigenvalue weighted by molar-refractivity contribution is 5.83. The molecule has 27 heavy (non-hydrogen) atoms. The molecule has 2 aromatic carbocycles. The number of rotatable bonds is 6. The van der Waals surface area contributed by atoms with Gasteiger partial charge in [0.2, 0.25) is 5.91 Å². The molecule has 2 fully saturated rings. The van der Waals surface area contributed by atoms with Gasteiger partial charge in [-0.05, 0) is 74.4 Å². The van der Waals surface area contributed by atoms with Crippen molar-refractivity contribution in [2.45, 2.75) is 44.2 Å². The highest BCUT2D eigenvalue weighted by atomic mass is 19.1. The van der Waals surface area contributed by atoms with Crippen LogP contribution in [0, 0.1) is 11.7 Å². The van der Waals surface area contributed by atoms with Crippen LogP contribution in [0.1, 0.15) is 42.9 Å². The molecule has 0 bridgehead atoms. The first kappa shape index (κ1) is 18.2. The first-order valence-electron chi connectivity index (χ1n) is 10.0. The quantitative estimate of drug-likeness (QED) is 0.835. The minimum absolute atomic E-state index is 0.140. The Labute approximate surface area is 160 Å². The largest absolute Gasteiger partial charge is 0.352 e. The van der Waals surface area contributed by atoms with E-state index in [1.807, 2.05) is 30.3 Å². The third-order valence-corrected chi connectivity index (χ3v) is 5.74. The number of carbonyl (C=O) groups excluding carboxylic acids is 1. The van der Waals surface area contributed by atoms with Gasteiger partial charge in [0.25, 0.3) is 0 Å². The minimum Gasteiger partial charge on any atom is -0.352 e. The normalized spacial score (nSPS) is 19.6. The molecule has 0 radical (unpaired) electrons. The molecule has 2 aromatic rings. The summed E-state index contributed by atoms with van der Waals surface area (Å²) in [6, 6.07) is 17.2. The summed E-state index contributed by atoms with van der Waals surface area (Å²) in [5.41, 5.74) is 2.27. The molecule has 2 aliphatic rings. The second-order valence-corrected chi connectivity index (χ2v) is 7.91. The number of nitrogens with one attached hydrogen (secondary N) is 1. The summed E-state index contributed by atoms with van der Waals surface area (Å²) in [4.78, 5) is 15.2. The Kier molecular flexibility index (Phi) is 5.53. The lowest BCUT2D eigenvalue weighted by atomic mass is 9.89. The van der Waals surface area contributed by atoms with Crippen LogP contribution in [0.3, 0.4) is 0 Å². The Bertz CT molecular complexity index is 750. The van der Waals surface area contributed by atoms with E-state index in [9.17, 15) is 9.18 Å². The average Bonchev–Trinajstić information content (AvgIpc) is 3.50. The highest BCUT2D eigenvalue weighted by Gasteiger charge is 2.34. The van der Waals surface area contributed by atoms with Crippen LogP contribution < -0.4 is 5.32 Å². The summed E-state index contributed by atoms with van der Waals surface area (Å²) in [6.45, 7) is 1.84. The molecule has 1 amide bonds. The Morgan fingerprint density at radius 2 is 1.67 bits per heavy atom. The molecule has 1 unspecified atom stereocenters. The van der Waals surface area contributed by atoms with Gasteiger partial charge in [0.15, 0.2) is 0 Å². The molecule has 1 aliphatic carbocycles. The molecule has 1 saturated heterocycles. The molecule has 142 valence electrons. The number of hydrogen-bond donors (Lipinski definition) is 1. The van der Waals surface area contributed by atoms with Gasteiger partial charge in [0.1, 0.15) is 11.9 Å². The predicted molar refractivity (Wildman–Crippen MR) is 105 cm³/mol. The minimum atomic E-state index is -0.196. The number of hydrogen-bond acceptors (Lipinski definition) is 2. The van der Waals surface area contributed by atoms with Crippen LogP contribution >= 0.6 is 0 Å². The lowest BCUT2D eigenvalue weighted by molar-refractivity contribution is -0.127. The molecule has 4 rings (SSSR count). The topological polar surface area (TPSA) is 32.3 Å². The Balaban J connectivity index is 1.40. The fourth-order valence-electron chi connectivity index (χ4n) is 4.04. The van der Waals surface area contributed by atoms with Gasteiger partial charge in [0, 0.05) is 6.04 Å². The van der Waals surface area contributed by atoms with E-state index in [0.717, 1.165) is 50.8 Å². The van der Waals surface area contributed by atoms with Gasteiger partial charge in [-0.3, -0.25) is 9.69 Å². The standard InChI is InChI=1S/C23H27FN2O/c24-20-8-6-17(7-9-20)16-18-12-14-26(15-13-18)22(19-4-2-1-3-5-19)23(27)25-21-10-11-21/h1-9,18,21-22H,10-16H2,(H,25,27). The van der Waals surface area contributed by atoms with Crippen LogP contribution in [0.4, 0.5) is 4.39 Å². The highest BCUT2D eigenvalue weighted by Crippen LogP contribution is 2.30. The second kappa shape index (κ2) is 8.22. The van der Waals surface area contributed by atoms with E-state index >= 15 is 0 Å². The Morgan fingerprint density at radius 3 is 2.30 bits per heavy atom. The van der Waals surface area contributed by atoms with Gasteiger partial charge in [-0.15, -0.1) is 0 Å². The van der Waals surface area contributed by atoms with E-state index in [0.29, 0.717) is 12.0 Å². The number of amides is 1. The second-order valence-electron chi connectivity index (χ2n) is 7.91. The van der Waals surface area contributed by atoms with Crippen molar-refractivity contribution < 1.29 is 9.18 Å². The van der Waals surface area contributed by atoms with Crippen molar-refractivity contribution in [1.82, 2.24) is 10.2 Å². The fourth-order valence-corrected chi connectivity index (χ4v) is 4.04. The molecule has 4 heteroatoms. The molecule has 1 aliphatic heterocycles. The van der Waals surface area contributed by atoms with Crippen molar-refractivity contribution in [3.05, 3.63) is 71.5 Å². The number of halogens is 1. The van der Waals surface area contributed by atoms with Gasteiger partial charge < -0.3 is 5.32 Å². The maximum Gasteiger partial charge on any atom is 0.242 e. The molecule has 1 saturated carbocycles. The number of benzene rings is 2. The van der Waals surface area contributed by atoms with Gasteiger partial charge in [-0.25, -0.2) is 4.39 Å². The van der Waals surface area contributed by atoms with Gasteiger partial charge >= 0.3 is 0 Å². The summed E-state index contributed by atoms with van der Waals surface area (Å²) < 4.78 is 13.1. The molecule has 0 aromatic heterocycles. The number of likely N-dealkylation sites (tertiary alicyclic amines) is 1. The van der Waals surface area contributed by atoms with Crippen LogP contribution in [-0.2, 0) is 11.2 Å². The summed E-state index contributed by atoms with van der Waals surface area (Å²) >= 11 is 0. The summed E-state index contributed by atoms with van der Waals surface area (Å²) in [7, 11) is 0. The molecular weight excluding hydrogens is 339 g/mol. The average molecular weight is 366 g/mol. The number of piperidine rings is 1. The zero-order valence-electron chi connectivity index (χ0n) is 15.6. The zero-order valence-corrected chi connectivity index (χ0v) is 15.6. The molecule has 1 atom stereocenters. The maximum atomic E-state index is 13.1. The van der Waals surface area contributed by atoms with Crippen molar-refractivity contribution in [3.8, 4) is 0 Å². The summed E-state index contributed by atoms with van der Waals surface area (Å²) in [6.07, 6.45) is 5.33. The van der Waals surface area contributed by atoms with E-state index in [-0.39, 0.29) is 17.8 Å².